The van der Waals surface area contributed by atoms with E-state index in [1.807, 2.05) is 30.3 Å². The summed E-state index contributed by atoms with van der Waals surface area (Å²) < 4.78 is 40.7. The Morgan fingerprint density at radius 2 is 1.73 bits per heavy atom. The van der Waals surface area contributed by atoms with E-state index in [2.05, 4.69) is 4.98 Å². The van der Waals surface area contributed by atoms with E-state index in [1.54, 1.807) is 0 Å². The third-order valence-corrected chi connectivity index (χ3v) is 7.89. The van der Waals surface area contributed by atoms with Crippen LogP contribution in [0.1, 0.15) is 52.7 Å². The fourth-order valence-electron chi connectivity index (χ4n) is 5.56. The molecule has 9 heteroatoms. The molecule has 6 nitrogen and oxygen atoms in total. The number of fused-ring (bicyclic) bond motifs is 1. The van der Waals surface area contributed by atoms with Crippen molar-refractivity contribution in [1.29, 1.82) is 0 Å². The Morgan fingerprint density at radius 1 is 1.00 bits per heavy atom. The van der Waals surface area contributed by atoms with Gasteiger partial charge in [-0.15, -0.1) is 0 Å². The summed E-state index contributed by atoms with van der Waals surface area (Å²) in [4.78, 5) is 35.5. The van der Waals surface area contributed by atoms with Crippen molar-refractivity contribution in [2.45, 2.75) is 43.5 Å². The number of aromatic amines is 1. The van der Waals surface area contributed by atoms with Crippen molar-refractivity contribution in [1.82, 2.24) is 14.9 Å². The number of H-pyrrole nitrogens is 1. The Labute approximate surface area is 228 Å². The van der Waals surface area contributed by atoms with Gasteiger partial charge in [-0.1, -0.05) is 66.7 Å². The number of rotatable bonds is 5. The van der Waals surface area contributed by atoms with Gasteiger partial charge in [0.15, 0.2) is 6.10 Å². The van der Waals surface area contributed by atoms with Crippen LogP contribution in [0.15, 0.2) is 83.7 Å². The van der Waals surface area contributed by atoms with E-state index in [-0.39, 0.29) is 40.8 Å². The lowest BCUT2D eigenvalue weighted by atomic mass is 9.94. The van der Waals surface area contributed by atoms with E-state index in [4.69, 9.17) is 4.98 Å². The van der Waals surface area contributed by atoms with Crippen molar-refractivity contribution in [3.63, 3.8) is 0 Å². The SMILES string of the molecule is O=C(C(O)c1cccc(-c2ccccc2C(F)(F)F)c1)N1CCc2nc(C3(c4ccccc4)CC3)[nH]c(=O)c2C1. The lowest BCUT2D eigenvalue weighted by molar-refractivity contribution is -0.141. The van der Waals surface area contributed by atoms with Gasteiger partial charge in [-0.3, -0.25) is 9.59 Å². The molecule has 2 aliphatic rings. The zero-order chi connectivity index (χ0) is 28.1. The van der Waals surface area contributed by atoms with Crippen molar-refractivity contribution in [3.05, 3.63) is 123 Å². The van der Waals surface area contributed by atoms with Gasteiger partial charge in [0.1, 0.15) is 5.82 Å². The Kier molecular flexibility index (Phi) is 6.34. The normalized spacial score (nSPS) is 16.8. The molecule has 1 fully saturated rings. The second-order valence-electron chi connectivity index (χ2n) is 10.4. The van der Waals surface area contributed by atoms with E-state index in [0.717, 1.165) is 24.5 Å². The van der Waals surface area contributed by atoms with Crippen LogP contribution in [0.5, 0.6) is 0 Å². The van der Waals surface area contributed by atoms with E-state index in [1.165, 1.54) is 47.4 Å². The summed E-state index contributed by atoms with van der Waals surface area (Å²) in [6.45, 7) is 0.247. The van der Waals surface area contributed by atoms with Crippen LogP contribution >= 0.6 is 0 Å². The van der Waals surface area contributed by atoms with Gasteiger partial charge in [0, 0.05) is 13.0 Å². The monoisotopic (exact) mass is 545 g/mol. The summed E-state index contributed by atoms with van der Waals surface area (Å²) in [5, 5.41) is 10.9. The molecule has 0 spiro atoms. The molecular weight excluding hydrogens is 519 g/mol. The molecule has 0 radical (unpaired) electrons. The molecule has 1 atom stereocenters. The Balaban J connectivity index is 1.23. The molecule has 4 aromatic rings. The zero-order valence-electron chi connectivity index (χ0n) is 21.4. The van der Waals surface area contributed by atoms with Crippen molar-refractivity contribution < 1.29 is 23.1 Å². The zero-order valence-corrected chi connectivity index (χ0v) is 21.4. The average molecular weight is 546 g/mol. The lowest BCUT2D eigenvalue weighted by Gasteiger charge is -2.30. The molecule has 204 valence electrons. The number of nitrogens with zero attached hydrogens (tertiary/aromatic N) is 2. The Morgan fingerprint density at radius 3 is 2.45 bits per heavy atom. The molecule has 1 saturated carbocycles. The summed E-state index contributed by atoms with van der Waals surface area (Å²) in [6, 6.07) is 21.0. The maximum absolute atomic E-state index is 13.6. The molecule has 1 aromatic heterocycles. The maximum atomic E-state index is 13.6. The summed E-state index contributed by atoms with van der Waals surface area (Å²) in [5.41, 5.74) is 1.10. The quantitative estimate of drug-likeness (QED) is 0.363. The molecule has 1 aliphatic heterocycles. The highest BCUT2D eigenvalue weighted by Gasteiger charge is 2.48. The highest BCUT2D eigenvalue weighted by atomic mass is 19.4. The third-order valence-electron chi connectivity index (χ3n) is 7.89. The number of nitrogens with one attached hydrogen (secondary N) is 1. The number of hydrogen-bond donors (Lipinski definition) is 2. The predicted molar refractivity (Wildman–Crippen MR) is 142 cm³/mol. The van der Waals surface area contributed by atoms with E-state index in [9.17, 15) is 27.9 Å². The highest BCUT2D eigenvalue weighted by molar-refractivity contribution is 5.83. The summed E-state index contributed by atoms with van der Waals surface area (Å²) >= 11 is 0. The molecule has 6 rings (SSSR count). The van der Waals surface area contributed by atoms with E-state index >= 15 is 0 Å². The van der Waals surface area contributed by atoms with Gasteiger partial charge >= 0.3 is 6.18 Å². The fourth-order valence-corrected chi connectivity index (χ4v) is 5.56. The summed E-state index contributed by atoms with van der Waals surface area (Å²) in [6.07, 6.45) is -4.01. The number of aromatic nitrogens is 2. The van der Waals surface area contributed by atoms with Crippen LogP contribution in [-0.2, 0) is 29.4 Å². The van der Waals surface area contributed by atoms with Gasteiger partial charge in [-0.25, -0.2) is 4.98 Å². The molecule has 2 N–H and O–H groups in total. The van der Waals surface area contributed by atoms with Crippen molar-refractivity contribution in [2.75, 3.05) is 6.54 Å². The Hall–Kier alpha value is -4.24. The van der Waals surface area contributed by atoms with Gasteiger partial charge in [-0.05, 0) is 47.2 Å². The number of benzene rings is 3. The van der Waals surface area contributed by atoms with Crippen molar-refractivity contribution in [2.24, 2.45) is 0 Å². The number of amides is 1. The topological polar surface area (TPSA) is 86.3 Å². The average Bonchev–Trinajstić information content (AvgIpc) is 3.79. The maximum Gasteiger partial charge on any atom is 0.417 e. The predicted octanol–water partition coefficient (Wildman–Crippen LogP) is 5.15. The second-order valence-corrected chi connectivity index (χ2v) is 10.4. The number of aliphatic hydroxyl groups is 1. The third kappa shape index (κ3) is 4.60. The molecule has 40 heavy (non-hydrogen) atoms. The number of halogens is 3. The van der Waals surface area contributed by atoms with Gasteiger partial charge in [0.05, 0.1) is 28.8 Å². The molecule has 3 aromatic carbocycles. The van der Waals surface area contributed by atoms with Crippen molar-refractivity contribution in [3.8, 4) is 11.1 Å². The summed E-state index contributed by atoms with van der Waals surface area (Å²) in [7, 11) is 0. The minimum Gasteiger partial charge on any atom is -0.378 e. The molecular formula is C31H26F3N3O3. The van der Waals surface area contributed by atoms with Crippen LogP contribution in [0.4, 0.5) is 13.2 Å². The second kappa shape index (κ2) is 9.75. The number of aliphatic hydroxyl groups excluding tert-OH is 1. The van der Waals surface area contributed by atoms with Gasteiger partial charge < -0.3 is 15.0 Å². The van der Waals surface area contributed by atoms with Gasteiger partial charge in [0.25, 0.3) is 11.5 Å². The summed E-state index contributed by atoms with van der Waals surface area (Å²) in [5.74, 6) is 0.0107. The molecule has 2 heterocycles. The van der Waals surface area contributed by atoms with Crippen LogP contribution in [0.2, 0.25) is 0 Å². The van der Waals surface area contributed by atoms with Crippen LogP contribution in [0.3, 0.4) is 0 Å². The van der Waals surface area contributed by atoms with Crippen LogP contribution in [0.25, 0.3) is 11.1 Å². The van der Waals surface area contributed by atoms with Crippen LogP contribution < -0.4 is 5.56 Å². The van der Waals surface area contributed by atoms with Crippen molar-refractivity contribution >= 4 is 5.91 Å². The number of hydrogen-bond acceptors (Lipinski definition) is 4. The first-order chi connectivity index (χ1) is 19.2. The van der Waals surface area contributed by atoms with Gasteiger partial charge in [-0.2, -0.15) is 13.2 Å². The standard InChI is InChI=1S/C31H26F3N3O3/c32-31(33,34)24-12-5-4-11-22(24)19-7-6-8-20(17-19)26(38)28(40)37-16-13-25-23(18-37)27(39)36-29(35-25)30(14-15-30)21-9-2-1-3-10-21/h1-12,17,26,38H,13-16,18H2,(H,35,36,39). The molecule has 1 aliphatic carbocycles. The number of alkyl halides is 3. The molecule has 0 bridgehead atoms. The first-order valence-corrected chi connectivity index (χ1v) is 13.1. The Bertz CT molecular complexity index is 1650. The fraction of sp³-hybridized carbons (Fsp3) is 0.258. The molecule has 1 unspecified atom stereocenters. The highest BCUT2D eigenvalue weighted by Crippen LogP contribution is 2.52. The van der Waals surface area contributed by atoms with Crippen LogP contribution in [-0.4, -0.2) is 32.4 Å². The van der Waals surface area contributed by atoms with Gasteiger partial charge in [0.2, 0.25) is 0 Å². The van der Waals surface area contributed by atoms with E-state index in [0.29, 0.717) is 23.5 Å². The van der Waals surface area contributed by atoms with Crippen LogP contribution in [0, 0.1) is 0 Å². The molecule has 1 amide bonds. The minimum absolute atomic E-state index is 0.0111. The number of carbonyl (C=O) groups excluding carboxylic acids is 1. The first kappa shape index (κ1) is 26.0. The lowest BCUT2D eigenvalue weighted by Crippen LogP contribution is -2.42. The molecule has 0 saturated heterocycles. The first-order valence-electron chi connectivity index (χ1n) is 13.1. The number of carbonyl (C=O) groups is 1. The minimum atomic E-state index is -4.55. The smallest absolute Gasteiger partial charge is 0.378 e. The largest absolute Gasteiger partial charge is 0.417 e. The van der Waals surface area contributed by atoms with E-state index < -0.39 is 23.8 Å².